The molecule has 0 bridgehead atoms. The summed E-state index contributed by atoms with van der Waals surface area (Å²) in [5.74, 6) is 0.0265. The van der Waals surface area contributed by atoms with E-state index in [1.54, 1.807) is 9.80 Å². The van der Waals surface area contributed by atoms with E-state index in [1.165, 1.54) is 0 Å². The standard InChI is InChI=1S/C14H15N3O2/c18-10-16-6-8-17(9-7-16)14(19)12-3-1-2-11-4-5-15-13(11)12/h1-5,10,15H,6-9H2. The zero-order valence-corrected chi connectivity index (χ0v) is 10.5. The van der Waals surface area contributed by atoms with Crippen molar-refractivity contribution in [3.8, 4) is 0 Å². The first-order chi connectivity index (χ1) is 9.29. The van der Waals surface area contributed by atoms with E-state index in [-0.39, 0.29) is 5.91 Å². The van der Waals surface area contributed by atoms with Gasteiger partial charge in [0.1, 0.15) is 0 Å². The van der Waals surface area contributed by atoms with Crippen LogP contribution in [0.2, 0.25) is 0 Å². The highest BCUT2D eigenvalue weighted by Crippen LogP contribution is 2.19. The molecule has 0 radical (unpaired) electrons. The Bertz CT molecular complexity index is 612. The van der Waals surface area contributed by atoms with Crippen molar-refractivity contribution in [2.45, 2.75) is 0 Å². The van der Waals surface area contributed by atoms with E-state index in [0.717, 1.165) is 17.3 Å². The Labute approximate surface area is 110 Å². The van der Waals surface area contributed by atoms with E-state index in [4.69, 9.17) is 0 Å². The molecule has 1 saturated heterocycles. The molecule has 5 heteroatoms. The van der Waals surface area contributed by atoms with Crippen LogP contribution in [-0.2, 0) is 4.79 Å². The zero-order valence-electron chi connectivity index (χ0n) is 10.5. The smallest absolute Gasteiger partial charge is 0.256 e. The molecule has 0 aliphatic carbocycles. The topological polar surface area (TPSA) is 56.4 Å². The van der Waals surface area contributed by atoms with Gasteiger partial charge in [0.05, 0.1) is 11.1 Å². The number of aromatic amines is 1. The number of benzene rings is 1. The van der Waals surface area contributed by atoms with E-state index >= 15 is 0 Å². The molecule has 1 aromatic heterocycles. The van der Waals surface area contributed by atoms with Gasteiger partial charge in [-0.1, -0.05) is 12.1 Å². The second-order valence-corrected chi connectivity index (χ2v) is 4.68. The summed E-state index contributed by atoms with van der Waals surface area (Å²) in [5, 5.41) is 1.04. The molecule has 0 saturated carbocycles. The molecule has 0 spiro atoms. The lowest BCUT2D eigenvalue weighted by atomic mass is 10.1. The van der Waals surface area contributed by atoms with Crippen molar-refractivity contribution in [1.29, 1.82) is 0 Å². The van der Waals surface area contributed by atoms with Crippen molar-refractivity contribution in [3.05, 3.63) is 36.0 Å². The van der Waals surface area contributed by atoms with Gasteiger partial charge in [0.25, 0.3) is 5.91 Å². The summed E-state index contributed by atoms with van der Waals surface area (Å²) in [5.41, 5.74) is 1.58. The second kappa shape index (κ2) is 4.76. The van der Waals surface area contributed by atoms with Gasteiger partial charge in [0.2, 0.25) is 6.41 Å². The molecular weight excluding hydrogens is 242 g/mol. The average molecular weight is 257 g/mol. The molecule has 1 aromatic carbocycles. The average Bonchev–Trinajstić information content (AvgIpc) is 2.95. The van der Waals surface area contributed by atoms with E-state index in [0.29, 0.717) is 31.7 Å². The number of H-pyrrole nitrogens is 1. The van der Waals surface area contributed by atoms with Crippen LogP contribution in [0.1, 0.15) is 10.4 Å². The third-order valence-corrected chi connectivity index (χ3v) is 3.57. The van der Waals surface area contributed by atoms with Crippen LogP contribution in [-0.4, -0.2) is 53.3 Å². The number of hydrogen-bond donors (Lipinski definition) is 1. The minimum Gasteiger partial charge on any atom is -0.361 e. The minimum atomic E-state index is 0.0265. The molecule has 3 rings (SSSR count). The lowest BCUT2D eigenvalue weighted by molar-refractivity contribution is -0.119. The fourth-order valence-electron chi connectivity index (χ4n) is 2.46. The van der Waals surface area contributed by atoms with Gasteiger partial charge in [0.15, 0.2) is 0 Å². The van der Waals surface area contributed by atoms with Crippen molar-refractivity contribution in [2.24, 2.45) is 0 Å². The summed E-state index contributed by atoms with van der Waals surface area (Å²) < 4.78 is 0. The van der Waals surface area contributed by atoms with Gasteiger partial charge in [-0.3, -0.25) is 9.59 Å². The van der Waals surface area contributed by atoms with E-state index < -0.39 is 0 Å². The number of hydrogen-bond acceptors (Lipinski definition) is 2. The van der Waals surface area contributed by atoms with Crippen LogP contribution in [0, 0.1) is 0 Å². The van der Waals surface area contributed by atoms with E-state index in [2.05, 4.69) is 4.98 Å². The molecule has 2 heterocycles. The Morgan fingerprint density at radius 1 is 1.16 bits per heavy atom. The monoisotopic (exact) mass is 257 g/mol. The predicted octanol–water partition coefficient (Wildman–Crippen LogP) is 1.08. The van der Waals surface area contributed by atoms with Gasteiger partial charge < -0.3 is 14.8 Å². The first-order valence-corrected chi connectivity index (χ1v) is 6.34. The number of para-hydroxylation sites is 1. The Hall–Kier alpha value is -2.30. The molecule has 2 amide bonds. The molecule has 98 valence electrons. The van der Waals surface area contributed by atoms with Crippen LogP contribution in [0.4, 0.5) is 0 Å². The van der Waals surface area contributed by atoms with Crippen LogP contribution in [0.15, 0.2) is 30.5 Å². The Morgan fingerprint density at radius 3 is 2.68 bits per heavy atom. The maximum atomic E-state index is 12.5. The van der Waals surface area contributed by atoms with Crippen LogP contribution < -0.4 is 0 Å². The normalized spacial score (nSPS) is 15.8. The third-order valence-electron chi connectivity index (χ3n) is 3.57. The van der Waals surface area contributed by atoms with Gasteiger partial charge >= 0.3 is 0 Å². The number of nitrogens with zero attached hydrogens (tertiary/aromatic N) is 2. The Balaban J connectivity index is 1.84. The number of aromatic nitrogens is 1. The number of rotatable bonds is 2. The summed E-state index contributed by atoms with van der Waals surface area (Å²) in [6, 6.07) is 7.67. The molecule has 1 aliphatic heterocycles. The maximum absolute atomic E-state index is 12.5. The fraction of sp³-hybridized carbons (Fsp3) is 0.286. The molecule has 5 nitrogen and oxygen atoms in total. The molecule has 1 fully saturated rings. The van der Waals surface area contributed by atoms with Crippen LogP contribution in [0.3, 0.4) is 0 Å². The summed E-state index contributed by atoms with van der Waals surface area (Å²) >= 11 is 0. The summed E-state index contributed by atoms with van der Waals surface area (Å²) in [7, 11) is 0. The van der Waals surface area contributed by atoms with E-state index in [1.807, 2.05) is 30.5 Å². The first kappa shape index (κ1) is 11.8. The molecule has 0 atom stereocenters. The highest BCUT2D eigenvalue weighted by atomic mass is 16.2. The quantitative estimate of drug-likeness (QED) is 0.818. The second-order valence-electron chi connectivity index (χ2n) is 4.68. The predicted molar refractivity (Wildman–Crippen MR) is 71.8 cm³/mol. The number of nitrogens with one attached hydrogen (secondary N) is 1. The molecule has 1 N–H and O–H groups in total. The Morgan fingerprint density at radius 2 is 1.95 bits per heavy atom. The van der Waals surface area contributed by atoms with Gasteiger partial charge in [0, 0.05) is 37.8 Å². The molecule has 0 unspecified atom stereocenters. The van der Waals surface area contributed by atoms with E-state index in [9.17, 15) is 9.59 Å². The van der Waals surface area contributed by atoms with Crippen molar-refractivity contribution < 1.29 is 9.59 Å². The van der Waals surface area contributed by atoms with Crippen molar-refractivity contribution in [2.75, 3.05) is 26.2 Å². The van der Waals surface area contributed by atoms with Crippen molar-refractivity contribution in [3.63, 3.8) is 0 Å². The van der Waals surface area contributed by atoms with Gasteiger partial charge in [-0.25, -0.2) is 0 Å². The van der Waals surface area contributed by atoms with Crippen molar-refractivity contribution in [1.82, 2.24) is 14.8 Å². The molecular formula is C14H15N3O2. The largest absolute Gasteiger partial charge is 0.361 e. The molecule has 2 aromatic rings. The van der Waals surface area contributed by atoms with Gasteiger partial charge in [-0.2, -0.15) is 0 Å². The minimum absolute atomic E-state index is 0.0265. The van der Waals surface area contributed by atoms with Crippen LogP contribution >= 0.6 is 0 Å². The summed E-state index contributed by atoms with van der Waals surface area (Å²) in [6.07, 6.45) is 2.68. The fourth-order valence-corrected chi connectivity index (χ4v) is 2.46. The highest BCUT2D eigenvalue weighted by molar-refractivity contribution is 6.05. The van der Waals surface area contributed by atoms with Crippen LogP contribution in [0.5, 0.6) is 0 Å². The Kier molecular flexibility index (Phi) is 2.95. The first-order valence-electron chi connectivity index (χ1n) is 6.34. The van der Waals surface area contributed by atoms with Crippen LogP contribution in [0.25, 0.3) is 10.9 Å². The summed E-state index contributed by atoms with van der Waals surface area (Å²) in [4.78, 5) is 29.8. The summed E-state index contributed by atoms with van der Waals surface area (Å²) in [6.45, 7) is 2.40. The number of fused-ring (bicyclic) bond motifs is 1. The lowest BCUT2D eigenvalue weighted by Crippen LogP contribution is -2.48. The zero-order chi connectivity index (χ0) is 13.2. The van der Waals surface area contributed by atoms with Crippen molar-refractivity contribution >= 4 is 23.2 Å². The lowest BCUT2D eigenvalue weighted by Gasteiger charge is -2.32. The SMILES string of the molecule is O=CN1CCN(C(=O)c2cccc3cc[nH]c23)CC1. The molecule has 19 heavy (non-hydrogen) atoms. The number of carbonyl (C=O) groups is 2. The van der Waals surface area contributed by atoms with Gasteiger partial charge in [-0.05, 0) is 12.1 Å². The number of carbonyl (C=O) groups excluding carboxylic acids is 2. The third kappa shape index (κ3) is 2.07. The maximum Gasteiger partial charge on any atom is 0.256 e. The number of piperazine rings is 1. The number of amides is 2. The highest BCUT2D eigenvalue weighted by Gasteiger charge is 2.22. The van der Waals surface area contributed by atoms with Gasteiger partial charge in [-0.15, -0.1) is 0 Å². The molecule has 1 aliphatic rings.